The van der Waals surface area contributed by atoms with Crippen molar-refractivity contribution in [1.29, 1.82) is 0 Å². The molecule has 5 N–H and O–H groups in total. The third kappa shape index (κ3) is 1.84. The minimum Gasteiger partial charge on any atom is -0.368 e. The van der Waals surface area contributed by atoms with Gasteiger partial charge in [-0.25, -0.2) is 0 Å². The van der Waals surface area contributed by atoms with E-state index < -0.39 is 23.2 Å². The quantitative estimate of drug-likeness (QED) is 0.451. The number of amides is 2. The van der Waals surface area contributed by atoms with Crippen LogP contribution in [0.25, 0.3) is 0 Å². The van der Waals surface area contributed by atoms with Gasteiger partial charge in [0.15, 0.2) is 0 Å². The molecule has 1 saturated heterocycles. The van der Waals surface area contributed by atoms with Gasteiger partial charge in [-0.15, -0.1) is 11.8 Å². The van der Waals surface area contributed by atoms with Crippen molar-refractivity contribution < 1.29 is 9.59 Å². The van der Waals surface area contributed by atoms with Gasteiger partial charge in [-0.2, -0.15) is 0 Å². The Balaban J connectivity index is 2.47. The summed E-state index contributed by atoms with van der Waals surface area (Å²) in [6.07, 6.45) is 0. The van der Waals surface area contributed by atoms with Crippen molar-refractivity contribution in [2.45, 2.75) is 11.4 Å². The molecule has 0 aromatic carbocycles. The third-order valence-corrected chi connectivity index (χ3v) is 2.61. The number of thioether (sulfide) groups is 1. The zero-order valence-electron chi connectivity index (χ0n) is 5.74. The van der Waals surface area contributed by atoms with Crippen molar-refractivity contribution in [2.24, 2.45) is 11.5 Å². The molecule has 6 heteroatoms. The zero-order chi connectivity index (χ0) is 8.43. The van der Waals surface area contributed by atoms with Crippen LogP contribution in [0.5, 0.6) is 0 Å². The molecule has 2 amide bonds. The number of primary amides is 2. The SMILES string of the molecule is NC(=O)C1CSC(C(N)=O)N1. The summed E-state index contributed by atoms with van der Waals surface area (Å²) in [6.45, 7) is 0. The zero-order valence-corrected chi connectivity index (χ0v) is 6.56. The van der Waals surface area contributed by atoms with Crippen LogP contribution in [0, 0.1) is 0 Å². The van der Waals surface area contributed by atoms with Gasteiger partial charge in [0, 0.05) is 5.75 Å². The molecule has 1 aliphatic heterocycles. The van der Waals surface area contributed by atoms with Crippen molar-refractivity contribution in [2.75, 3.05) is 5.75 Å². The lowest BCUT2D eigenvalue weighted by molar-refractivity contribution is -0.120. The number of carbonyl (C=O) groups excluding carboxylic acids is 2. The normalized spacial score (nSPS) is 30.2. The number of carbonyl (C=O) groups is 2. The van der Waals surface area contributed by atoms with E-state index in [4.69, 9.17) is 11.5 Å². The molecule has 0 saturated carbocycles. The van der Waals surface area contributed by atoms with Gasteiger partial charge in [-0.3, -0.25) is 14.9 Å². The van der Waals surface area contributed by atoms with E-state index in [1.807, 2.05) is 0 Å². The van der Waals surface area contributed by atoms with Crippen LogP contribution in [0.1, 0.15) is 0 Å². The fraction of sp³-hybridized carbons (Fsp3) is 0.600. The number of nitrogens with two attached hydrogens (primary N) is 2. The Morgan fingerprint density at radius 3 is 2.27 bits per heavy atom. The molecule has 62 valence electrons. The third-order valence-electron chi connectivity index (χ3n) is 1.38. The maximum absolute atomic E-state index is 10.6. The van der Waals surface area contributed by atoms with Gasteiger partial charge in [-0.05, 0) is 0 Å². The first kappa shape index (κ1) is 8.35. The first-order valence-corrected chi connectivity index (χ1v) is 4.12. The lowest BCUT2D eigenvalue weighted by Gasteiger charge is -2.05. The molecule has 0 aliphatic carbocycles. The maximum Gasteiger partial charge on any atom is 0.244 e. The molecule has 2 atom stereocenters. The number of nitrogens with one attached hydrogen (secondary N) is 1. The Morgan fingerprint density at radius 2 is 2.00 bits per heavy atom. The summed E-state index contributed by atoms with van der Waals surface area (Å²) >= 11 is 1.30. The molecule has 0 radical (unpaired) electrons. The number of hydrogen-bond acceptors (Lipinski definition) is 4. The summed E-state index contributed by atoms with van der Waals surface area (Å²) in [5.41, 5.74) is 9.98. The molecule has 1 rings (SSSR count). The summed E-state index contributed by atoms with van der Waals surface area (Å²) in [5.74, 6) is -0.386. The van der Waals surface area contributed by atoms with Gasteiger partial charge >= 0.3 is 0 Å². The molecule has 1 aliphatic rings. The Hall–Kier alpha value is -0.750. The second-order valence-corrected chi connectivity index (χ2v) is 3.38. The average Bonchev–Trinajstić information content (AvgIpc) is 2.33. The molecule has 0 aromatic rings. The lowest BCUT2D eigenvalue weighted by Crippen LogP contribution is -2.44. The van der Waals surface area contributed by atoms with Crippen molar-refractivity contribution in [3.63, 3.8) is 0 Å². The highest BCUT2D eigenvalue weighted by Gasteiger charge is 2.30. The largest absolute Gasteiger partial charge is 0.368 e. The van der Waals surface area contributed by atoms with Crippen LogP contribution in [-0.4, -0.2) is 29.0 Å². The van der Waals surface area contributed by atoms with Crippen molar-refractivity contribution in [3.05, 3.63) is 0 Å². The van der Waals surface area contributed by atoms with E-state index in [0.29, 0.717) is 5.75 Å². The predicted octanol–water partition coefficient (Wildman–Crippen LogP) is -2.01. The second kappa shape index (κ2) is 3.10. The first-order valence-electron chi connectivity index (χ1n) is 3.07. The van der Waals surface area contributed by atoms with Gasteiger partial charge in [-0.1, -0.05) is 0 Å². The van der Waals surface area contributed by atoms with Gasteiger partial charge < -0.3 is 11.5 Å². The molecular formula is C5H9N3O2S. The monoisotopic (exact) mass is 175 g/mol. The summed E-state index contributed by atoms with van der Waals surface area (Å²) < 4.78 is 0. The van der Waals surface area contributed by atoms with Crippen molar-refractivity contribution in [1.82, 2.24) is 5.32 Å². The summed E-state index contributed by atoms with van der Waals surface area (Å²) in [4.78, 5) is 21.1. The number of rotatable bonds is 2. The molecule has 1 fully saturated rings. The molecule has 11 heavy (non-hydrogen) atoms. The Kier molecular flexibility index (Phi) is 2.35. The Bertz CT molecular complexity index is 176. The predicted molar refractivity (Wildman–Crippen MR) is 41.6 cm³/mol. The van der Waals surface area contributed by atoms with E-state index in [-0.39, 0.29) is 0 Å². The highest BCUT2D eigenvalue weighted by molar-refractivity contribution is 8.00. The van der Waals surface area contributed by atoms with E-state index in [1.54, 1.807) is 0 Å². The number of hydrogen-bond donors (Lipinski definition) is 3. The van der Waals surface area contributed by atoms with Crippen LogP contribution >= 0.6 is 11.8 Å². The molecular weight excluding hydrogens is 166 g/mol. The fourth-order valence-corrected chi connectivity index (χ4v) is 1.87. The minimum absolute atomic E-state index is 0.419. The molecule has 0 bridgehead atoms. The van der Waals surface area contributed by atoms with Crippen molar-refractivity contribution in [3.8, 4) is 0 Å². The van der Waals surface area contributed by atoms with Gasteiger partial charge in [0.1, 0.15) is 5.37 Å². The van der Waals surface area contributed by atoms with E-state index in [1.165, 1.54) is 11.8 Å². The summed E-state index contributed by atoms with van der Waals surface area (Å²) in [6, 6.07) is -0.419. The minimum atomic E-state index is -0.465. The molecule has 5 nitrogen and oxygen atoms in total. The van der Waals surface area contributed by atoms with Crippen LogP contribution in [-0.2, 0) is 9.59 Å². The van der Waals surface area contributed by atoms with Crippen LogP contribution in [0.15, 0.2) is 0 Å². The smallest absolute Gasteiger partial charge is 0.244 e. The van der Waals surface area contributed by atoms with Crippen molar-refractivity contribution >= 4 is 23.6 Å². The maximum atomic E-state index is 10.6. The second-order valence-electron chi connectivity index (χ2n) is 2.24. The Labute approximate surface area is 67.9 Å². The van der Waals surface area contributed by atoms with E-state index in [0.717, 1.165) is 0 Å². The van der Waals surface area contributed by atoms with Crippen LogP contribution < -0.4 is 16.8 Å². The highest BCUT2D eigenvalue weighted by atomic mass is 32.2. The van der Waals surface area contributed by atoms with Crippen LogP contribution in [0.4, 0.5) is 0 Å². The van der Waals surface area contributed by atoms with Gasteiger partial charge in [0.05, 0.1) is 6.04 Å². The topological polar surface area (TPSA) is 98.2 Å². The standard InChI is InChI=1S/C5H9N3O2S/c6-3(9)2-1-11-5(8-2)4(7)10/h2,5,8H,1H2,(H2,6,9)(H2,7,10). The lowest BCUT2D eigenvalue weighted by atomic mass is 10.3. The van der Waals surface area contributed by atoms with Gasteiger partial charge in [0.25, 0.3) is 0 Å². The first-order chi connectivity index (χ1) is 5.11. The highest BCUT2D eigenvalue weighted by Crippen LogP contribution is 2.17. The average molecular weight is 175 g/mol. The van der Waals surface area contributed by atoms with Gasteiger partial charge in [0.2, 0.25) is 11.8 Å². The Morgan fingerprint density at radius 1 is 1.36 bits per heavy atom. The van der Waals surface area contributed by atoms with Crippen LogP contribution in [0.2, 0.25) is 0 Å². The van der Waals surface area contributed by atoms with E-state index in [9.17, 15) is 9.59 Å². The molecule has 0 spiro atoms. The van der Waals surface area contributed by atoms with E-state index >= 15 is 0 Å². The molecule has 0 aromatic heterocycles. The fourth-order valence-electron chi connectivity index (χ4n) is 0.800. The summed E-state index contributed by atoms with van der Waals surface area (Å²) in [5, 5.41) is 2.24. The molecule has 1 heterocycles. The summed E-state index contributed by atoms with van der Waals surface area (Å²) in [7, 11) is 0. The van der Waals surface area contributed by atoms with E-state index in [2.05, 4.69) is 5.32 Å². The molecule has 2 unspecified atom stereocenters. The van der Waals surface area contributed by atoms with Crippen LogP contribution in [0.3, 0.4) is 0 Å².